The third kappa shape index (κ3) is 3.09. The SMILES string of the molecule is Cc1nc(OC(F)(F)F)cc(CN)c1C. The Morgan fingerprint density at radius 3 is 2.47 bits per heavy atom. The molecule has 84 valence electrons. The van der Waals surface area contributed by atoms with Crippen molar-refractivity contribution in [2.24, 2.45) is 5.73 Å². The highest BCUT2D eigenvalue weighted by atomic mass is 19.4. The number of ether oxygens (including phenoxy) is 1. The van der Waals surface area contributed by atoms with Crippen molar-refractivity contribution in [3.63, 3.8) is 0 Å². The minimum Gasteiger partial charge on any atom is -0.388 e. The molecule has 0 aromatic carbocycles. The highest BCUT2D eigenvalue weighted by Gasteiger charge is 2.32. The molecule has 1 aromatic heterocycles. The molecule has 6 heteroatoms. The summed E-state index contributed by atoms with van der Waals surface area (Å²) in [5, 5.41) is 0. The molecule has 0 fully saturated rings. The molecule has 0 radical (unpaired) electrons. The number of aromatic nitrogens is 1. The normalized spacial score (nSPS) is 11.6. The van der Waals surface area contributed by atoms with Crippen molar-refractivity contribution in [3.8, 4) is 5.88 Å². The highest BCUT2D eigenvalue weighted by Crippen LogP contribution is 2.24. The van der Waals surface area contributed by atoms with Crippen molar-refractivity contribution >= 4 is 0 Å². The van der Waals surface area contributed by atoms with Gasteiger partial charge in [0.15, 0.2) is 0 Å². The third-order valence-corrected chi connectivity index (χ3v) is 2.04. The molecule has 3 nitrogen and oxygen atoms in total. The van der Waals surface area contributed by atoms with E-state index < -0.39 is 12.2 Å². The summed E-state index contributed by atoms with van der Waals surface area (Å²) in [4.78, 5) is 3.67. The van der Waals surface area contributed by atoms with E-state index >= 15 is 0 Å². The van der Waals surface area contributed by atoms with E-state index in [-0.39, 0.29) is 6.54 Å². The Bertz CT molecular complexity index is 363. The molecule has 0 aliphatic carbocycles. The zero-order chi connectivity index (χ0) is 11.6. The molecule has 1 heterocycles. The molecule has 1 rings (SSSR count). The van der Waals surface area contributed by atoms with E-state index in [9.17, 15) is 13.2 Å². The minimum atomic E-state index is -4.72. The molecule has 0 bridgehead atoms. The van der Waals surface area contributed by atoms with Crippen LogP contribution in [0.1, 0.15) is 16.8 Å². The Kier molecular flexibility index (Phi) is 3.18. The molecule has 0 saturated heterocycles. The van der Waals surface area contributed by atoms with Gasteiger partial charge in [-0.3, -0.25) is 0 Å². The summed E-state index contributed by atoms with van der Waals surface area (Å²) in [5.74, 6) is -0.467. The number of rotatable bonds is 2. The fraction of sp³-hybridized carbons (Fsp3) is 0.444. The Hall–Kier alpha value is -1.30. The van der Waals surface area contributed by atoms with Gasteiger partial charge in [0.2, 0.25) is 5.88 Å². The van der Waals surface area contributed by atoms with E-state index in [2.05, 4.69) is 9.72 Å². The van der Waals surface area contributed by atoms with Crippen molar-refractivity contribution in [1.29, 1.82) is 0 Å². The zero-order valence-corrected chi connectivity index (χ0v) is 8.35. The predicted octanol–water partition coefficient (Wildman–Crippen LogP) is 2.06. The van der Waals surface area contributed by atoms with Crippen LogP contribution < -0.4 is 10.5 Å². The second kappa shape index (κ2) is 4.06. The topological polar surface area (TPSA) is 48.1 Å². The summed E-state index contributed by atoms with van der Waals surface area (Å²) in [6.07, 6.45) is -4.72. The second-order valence-electron chi connectivity index (χ2n) is 3.08. The molecule has 0 aliphatic rings. The average Bonchev–Trinajstić information content (AvgIpc) is 2.08. The molecule has 0 atom stereocenters. The van der Waals surface area contributed by atoms with Crippen LogP contribution in [0.2, 0.25) is 0 Å². The Morgan fingerprint density at radius 1 is 1.40 bits per heavy atom. The van der Waals surface area contributed by atoms with Crippen LogP contribution in [0.4, 0.5) is 13.2 Å². The predicted molar refractivity (Wildman–Crippen MR) is 48.3 cm³/mol. The van der Waals surface area contributed by atoms with Gasteiger partial charge < -0.3 is 10.5 Å². The van der Waals surface area contributed by atoms with Gasteiger partial charge in [-0.15, -0.1) is 13.2 Å². The molecule has 2 N–H and O–H groups in total. The molecule has 0 aliphatic heterocycles. The molecule has 0 spiro atoms. The van der Waals surface area contributed by atoms with E-state index in [0.717, 1.165) is 5.56 Å². The van der Waals surface area contributed by atoms with Gasteiger partial charge in [0, 0.05) is 18.3 Å². The molecule has 15 heavy (non-hydrogen) atoms. The zero-order valence-electron chi connectivity index (χ0n) is 8.35. The largest absolute Gasteiger partial charge is 0.574 e. The van der Waals surface area contributed by atoms with Crippen LogP contribution >= 0.6 is 0 Å². The van der Waals surface area contributed by atoms with Crippen LogP contribution in [0, 0.1) is 13.8 Å². The quantitative estimate of drug-likeness (QED) is 0.829. The van der Waals surface area contributed by atoms with Crippen LogP contribution in [0.25, 0.3) is 0 Å². The first-order chi connectivity index (χ1) is 6.83. The number of hydrogen-bond acceptors (Lipinski definition) is 3. The lowest BCUT2D eigenvalue weighted by molar-refractivity contribution is -0.276. The van der Waals surface area contributed by atoms with Gasteiger partial charge in [-0.2, -0.15) is 0 Å². The number of halogens is 3. The molecule has 0 unspecified atom stereocenters. The van der Waals surface area contributed by atoms with E-state index in [1.807, 2.05) is 0 Å². The summed E-state index contributed by atoms with van der Waals surface area (Å²) in [6.45, 7) is 3.52. The van der Waals surface area contributed by atoms with E-state index in [0.29, 0.717) is 11.3 Å². The molecule has 0 saturated carbocycles. The fourth-order valence-corrected chi connectivity index (χ4v) is 1.15. The number of alkyl halides is 3. The number of aryl methyl sites for hydroxylation is 1. The third-order valence-electron chi connectivity index (χ3n) is 2.04. The highest BCUT2D eigenvalue weighted by molar-refractivity contribution is 5.33. The molecule has 0 amide bonds. The average molecular weight is 220 g/mol. The van der Waals surface area contributed by atoms with E-state index in [1.165, 1.54) is 6.07 Å². The first-order valence-electron chi connectivity index (χ1n) is 4.26. The summed E-state index contributed by atoms with van der Waals surface area (Å²) in [6, 6.07) is 1.20. The van der Waals surface area contributed by atoms with Gasteiger partial charge in [-0.25, -0.2) is 4.98 Å². The lowest BCUT2D eigenvalue weighted by atomic mass is 10.1. The van der Waals surface area contributed by atoms with Gasteiger partial charge in [0.25, 0.3) is 0 Å². The lowest BCUT2D eigenvalue weighted by Gasteiger charge is -2.12. The summed E-state index contributed by atoms with van der Waals surface area (Å²) >= 11 is 0. The van der Waals surface area contributed by atoms with Crippen LogP contribution in [-0.4, -0.2) is 11.3 Å². The standard InChI is InChI=1S/C9H11F3N2O/c1-5-6(2)14-8(3-7(5)4-13)15-9(10,11)12/h3H,4,13H2,1-2H3. The molecular weight excluding hydrogens is 209 g/mol. The summed E-state index contributed by atoms with van der Waals surface area (Å²) < 4.78 is 39.5. The summed E-state index contributed by atoms with van der Waals surface area (Å²) in [7, 11) is 0. The maximum absolute atomic E-state index is 11.9. The van der Waals surface area contributed by atoms with Gasteiger partial charge in [0.1, 0.15) is 0 Å². The van der Waals surface area contributed by atoms with Gasteiger partial charge in [-0.05, 0) is 25.0 Å². The van der Waals surface area contributed by atoms with Crippen molar-refractivity contribution in [2.75, 3.05) is 0 Å². The van der Waals surface area contributed by atoms with E-state index in [1.54, 1.807) is 13.8 Å². The first-order valence-corrected chi connectivity index (χ1v) is 4.26. The smallest absolute Gasteiger partial charge is 0.388 e. The van der Waals surface area contributed by atoms with Crippen molar-refractivity contribution < 1.29 is 17.9 Å². The maximum atomic E-state index is 11.9. The second-order valence-corrected chi connectivity index (χ2v) is 3.08. The fourth-order valence-electron chi connectivity index (χ4n) is 1.15. The number of nitrogens with two attached hydrogens (primary N) is 1. The van der Waals surface area contributed by atoms with Crippen LogP contribution in [0.3, 0.4) is 0 Å². The monoisotopic (exact) mass is 220 g/mol. The van der Waals surface area contributed by atoms with Crippen molar-refractivity contribution in [3.05, 3.63) is 22.9 Å². The molecule has 1 aromatic rings. The van der Waals surface area contributed by atoms with Gasteiger partial charge >= 0.3 is 6.36 Å². The Labute approximate surface area is 85.1 Å². The minimum absolute atomic E-state index is 0.156. The lowest BCUT2D eigenvalue weighted by Crippen LogP contribution is -2.18. The van der Waals surface area contributed by atoms with Crippen molar-refractivity contribution in [2.45, 2.75) is 26.8 Å². The van der Waals surface area contributed by atoms with Crippen LogP contribution in [0.5, 0.6) is 5.88 Å². The van der Waals surface area contributed by atoms with Crippen LogP contribution in [0.15, 0.2) is 6.07 Å². The van der Waals surface area contributed by atoms with Crippen molar-refractivity contribution in [1.82, 2.24) is 4.98 Å². The van der Waals surface area contributed by atoms with Crippen LogP contribution in [-0.2, 0) is 6.54 Å². The number of nitrogens with zero attached hydrogens (tertiary/aromatic N) is 1. The Morgan fingerprint density at radius 2 is 2.00 bits per heavy atom. The van der Waals surface area contributed by atoms with Gasteiger partial charge in [-0.1, -0.05) is 0 Å². The van der Waals surface area contributed by atoms with E-state index in [4.69, 9.17) is 5.73 Å². The number of hydrogen-bond donors (Lipinski definition) is 1. The maximum Gasteiger partial charge on any atom is 0.574 e. The molecular formula is C9H11F3N2O. The van der Waals surface area contributed by atoms with Gasteiger partial charge in [0.05, 0.1) is 0 Å². The Balaban J connectivity index is 3.06. The first kappa shape index (κ1) is 11.8. The number of pyridine rings is 1. The summed E-state index contributed by atoms with van der Waals surface area (Å²) in [5.41, 5.74) is 7.25.